The second kappa shape index (κ2) is 8.82. The number of aryl methyl sites for hydroxylation is 1. The van der Waals surface area contributed by atoms with Gasteiger partial charge in [0.15, 0.2) is 0 Å². The number of aromatic nitrogens is 3. The van der Waals surface area contributed by atoms with Crippen LogP contribution in [0, 0.1) is 0 Å². The van der Waals surface area contributed by atoms with Gasteiger partial charge in [-0.05, 0) is 36.1 Å². The molecule has 1 aliphatic rings. The van der Waals surface area contributed by atoms with Gasteiger partial charge >= 0.3 is 0 Å². The third kappa shape index (κ3) is 4.17. The van der Waals surface area contributed by atoms with Crippen LogP contribution in [0.4, 0.5) is 0 Å². The van der Waals surface area contributed by atoms with Crippen molar-refractivity contribution < 1.29 is 14.6 Å². The molecule has 164 valence electrons. The molecule has 2 atom stereocenters. The first-order valence-corrected chi connectivity index (χ1v) is 11.5. The van der Waals surface area contributed by atoms with Crippen LogP contribution in [0.2, 0.25) is 0 Å². The highest BCUT2D eigenvalue weighted by Crippen LogP contribution is 2.25. The molecule has 1 fully saturated rings. The lowest BCUT2D eigenvalue weighted by Gasteiger charge is -2.28. The van der Waals surface area contributed by atoms with E-state index in [2.05, 4.69) is 39.6 Å². The van der Waals surface area contributed by atoms with E-state index in [0.717, 1.165) is 32.7 Å². The molecule has 3 aromatic heterocycles. The van der Waals surface area contributed by atoms with Crippen LogP contribution < -0.4 is 5.32 Å². The number of nitrogens with zero attached hydrogens (tertiary/aromatic N) is 3. The minimum atomic E-state index is -0.706. The van der Waals surface area contributed by atoms with E-state index in [4.69, 9.17) is 4.74 Å². The number of carbonyl (C=O) groups excluding carboxylic acids is 1. The molecule has 0 radical (unpaired) electrons. The number of carbonyl (C=O) groups is 1. The maximum Gasteiger partial charge on any atom is 0.270 e. The molecule has 0 aliphatic carbocycles. The van der Waals surface area contributed by atoms with Gasteiger partial charge < -0.3 is 19.7 Å². The summed E-state index contributed by atoms with van der Waals surface area (Å²) in [7, 11) is 1.92. The standard InChI is InChI=1S/C24H24N4O3S/c1-28-9-6-18-17(12-15-2-4-16(5-3-15)24-25-8-11-32-24)13-20(26-22(18)28)23(30)27-19-7-10-31-14-21(19)29/h2-6,8-9,11,13,19,21,29H,7,10,12,14H2,1H3,(H,27,30)/t19-,21-/m1/s1. The zero-order chi connectivity index (χ0) is 22.1. The van der Waals surface area contributed by atoms with Crippen molar-refractivity contribution in [2.75, 3.05) is 13.2 Å². The molecule has 8 heteroatoms. The number of aliphatic hydroxyl groups is 1. The summed E-state index contributed by atoms with van der Waals surface area (Å²) in [5, 5.41) is 17.0. The Morgan fingerprint density at radius 1 is 1.31 bits per heavy atom. The highest BCUT2D eigenvalue weighted by Gasteiger charge is 2.26. The predicted molar refractivity (Wildman–Crippen MR) is 124 cm³/mol. The number of hydrogen-bond acceptors (Lipinski definition) is 6. The molecule has 1 aliphatic heterocycles. The van der Waals surface area contributed by atoms with Crippen molar-refractivity contribution in [3.05, 3.63) is 71.0 Å². The summed E-state index contributed by atoms with van der Waals surface area (Å²) in [6.45, 7) is 0.756. The van der Waals surface area contributed by atoms with Crippen molar-refractivity contribution in [3.63, 3.8) is 0 Å². The normalized spacial score (nSPS) is 18.7. The van der Waals surface area contributed by atoms with Crippen molar-refractivity contribution in [2.45, 2.75) is 25.0 Å². The summed E-state index contributed by atoms with van der Waals surface area (Å²) in [6, 6.07) is 11.9. The third-order valence-corrected chi connectivity index (χ3v) is 6.65. The fourth-order valence-corrected chi connectivity index (χ4v) is 4.69. The Balaban J connectivity index is 1.43. The predicted octanol–water partition coefficient (Wildman–Crippen LogP) is 3.17. The first-order chi connectivity index (χ1) is 15.6. The Morgan fingerprint density at radius 2 is 2.16 bits per heavy atom. The van der Waals surface area contributed by atoms with E-state index in [1.165, 1.54) is 0 Å². The van der Waals surface area contributed by atoms with Crippen LogP contribution in [0.1, 0.15) is 28.0 Å². The number of benzene rings is 1. The summed E-state index contributed by atoms with van der Waals surface area (Å²) in [5.74, 6) is -0.278. The molecule has 0 bridgehead atoms. The van der Waals surface area contributed by atoms with Crippen LogP contribution in [-0.2, 0) is 18.2 Å². The number of pyridine rings is 1. The SMILES string of the molecule is Cn1ccc2c(Cc3ccc(-c4nccs4)cc3)cc(C(=O)N[C@@H]3CCOC[C@H]3O)nc21. The molecule has 4 aromatic rings. The number of hydrogen-bond donors (Lipinski definition) is 2. The van der Waals surface area contributed by atoms with Gasteiger partial charge in [0.25, 0.3) is 5.91 Å². The van der Waals surface area contributed by atoms with Crippen molar-refractivity contribution in [1.82, 2.24) is 19.9 Å². The van der Waals surface area contributed by atoms with E-state index >= 15 is 0 Å². The van der Waals surface area contributed by atoms with Crippen molar-refractivity contribution in [3.8, 4) is 10.6 Å². The van der Waals surface area contributed by atoms with Crippen LogP contribution in [0.3, 0.4) is 0 Å². The summed E-state index contributed by atoms with van der Waals surface area (Å²) in [6.07, 6.45) is 4.32. The fraction of sp³-hybridized carbons (Fsp3) is 0.292. The quantitative estimate of drug-likeness (QED) is 0.490. The van der Waals surface area contributed by atoms with E-state index in [1.807, 2.05) is 41.5 Å². The smallest absolute Gasteiger partial charge is 0.270 e. The van der Waals surface area contributed by atoms with Crippen molar-refractivity contribution in [2.24, 2.45) is 7.05 Å². The highest BCUT2D eigenvalue weighted by atomic mass is 32.1. The van der Waals surface area contributed by atoms with Gasteiger partial charge in [0.2, 0.25) is 0 Å². The van der Waals surface area contributed by atoms with E-state index in [9.17, 15) is 9.90 Å². The molecular formula is C24H24N4O3S. The molecule has 1 aromatic carbocycles. The molecule has 0 unspecified atom stereocenters. The van der Waals surface area contributed by atoms with Gasteiger partial charge in [-0.25, -0.2) is 9.97 Å². The number of nitrogens with one attached hydrogen (secondary N) is 1. The third-order valence-electron chi connectivity index (χ3n) is 5.83. The fourth-order valence-electron chi connectivity index (χ4n) is 4.05. The van der Waals surface area contributed by atoms with Crippen molar-refractivity contribution in [1.29, 1.82) is 0 Å². The van der Waals surface area contributed by atoms with Crippen LogP contribution in [0.25, 0.3) is 21.6 Å². The Kier molecular flexibility index (Phi) is 5.73. The van der Waals surface area contributed by atoms with E-state index in [-0.39, 0.29) is 18.6 Å². The largest absolute Gasteiger partial charge is 0.389 e. The topological polar surface area (TPSA) is 89.3 Å². The van der Waals surface area contributed by atoms with Crippen LogP contribution in [-0.4, -0.2) is 50.9 Å². The van der Waals surface area contributed by atoms with Crippen LogP contribution in [0.5, 0.6) is 0 Å². The molecule has 0 spiro atoms. The zero-order valence-corrected chi connectivity index (χ0v) is 18.5. The summed E-state index contributed by atoms with van der Waals surface area (Å²) < 4.78 is 7.18. The van der Waals surface area contributed by atoms with Gasteiger partial charge in [0.05, 0.1) is 18.8 Å². The molecule has 0 saturated carbocycles. The average Bonchev–Trinajstić information content (AvgIpc) is 3.47. The number of amides is 1. The van der Waals surface area contributed by atoms with Gasteiger partial charge in [-0.3, -0.25) is 4.79 Å². The van der Waals surface area contributed by atoms with Crippen LogP contribution in [0.15, 0.2) is 54.2 Å². The molecule has 32 heavy (non-hydrogen) atoms. The average molecular weight is 449 g/mol. The van der Waals surface area contributed by atoms with Gasteiger partial charge in [-0.15, -0.1) is 11.3 Å². The van der Waals surface area contributed by atoms with Crippen molar-refractivity contribution >= 4 is 28.3 Å². The lowest BCUT2D eigenvalue weighted by Crippen LogP contribution is -2.48. The van der Waals surface area contributed by atoms with Gasteiger partial charge in [-0.2, -0.15) is 0 Å². The molecular weight excluding hydrogens is 424 g/mol. The molecule has 1 amide bonds. The van der Waals surface area contributed by atoms with E-state index in [1.54, 1.807) is 11.3 Å². The first-order valence-electron chi connectivity index (χ1n) is 10.6. The minimum absolute atomic E-state index is 0.234. The van der Waals surface area contributed by atoms with E-state index in [0.29, 0.717) is 25.1 Å². The maximum absolute atomic E-state index is 13.0. The van der Waals surface area contributed by atoms with E-state index < -0.39 is 6.10 Å². The Morgan fingerprint density at radius 3 is 2.91 bits per heavy atom. The zero-order valence-electron chi connectivity index (χ0n) is 17.7. The number of fused-ring (bicyclic) bond motifs is 1. The lowest BCUT2D eigenvalue weighted by molar-refractivity contribution is -0.0261. The monoisotopic (exact) mass is 448 g/mol. The number of aliphatic hydroxyl groups excluding tert-OH is 1. The summed E-state index contributed by atoms with van der Waals surface area (Å²) >= 11 is 1.62. The molecule has 1 saturated heterocycles. The molecule has 4 heterocycles. The van der Waals surface area contributed by atoms with Crippen LogP contribution >= 0.6 is 11.3 Å². The first kappa shape index (κ1) is 20.8. The Hall–Kier alpha value is -3.07. The Labute approximate surface area is 189 Å². The van der Waals surface area contributed by atoms with Gasteiger partial charge in [0, 0.05) is 42.4 Å². The Bertz CT molecular complexity index is 1230. The lowest BCUT2D eigenvalue weighted by atomic mass is 10.0. The number of thiazole rings is 1. The molecule has 2 N–H and O–H groups in total. The van der Waals surface area contributed by atoms with Gasteiger partial charge in [0.1, 0.15) is 16.3 Å². The number of rotatable bonds is 5. The maximum atomic E-state index is 13.0. The summed E-state index contributed by atoms with van der Waals surface area (Å²) in [5.41, 5.74) is 4.40. The number of ether oxygens (including phenoxy) is 1. The molecule has 5 rings (SSSR count). The molecule has 7 nitrogen and oxygen atoms in total. The second-order valence-electron chi connectivity index (χ2n) is 8.05. The van der Waals surface area contributed by atoms with Gasteiger partial charge in [-0.1, -0.05) is 24.3 Å². The minimum Gasteiger partial charge on any atom is -0.389 e. The summed E-state index contributed by atoms with van der Waals surface area (Å²) in [4.78, 5) is 21.9. The highest BCUT2D eigenvalue weighted by molar-refractivity contribution is 7.13. The second-order valence-corrected chi connectivity index (χ2v) is 8.95.